The SMILES string of the molecule is CC[C@]1(C(C)(C)C)CNC(=O)C1. The molecule has 1 N–H and O–H groups in total. The van der Waals surface area contributed by atoms with Crippen LogP contribution in [0.3, 0.4) is 0 Å². The number of hydrogen-bond acceptors (Lipinski definition) is 1. The Morgan fingerprint density at radius 1 is 1.50 bits per heavy atom. The molecule has 0 unspecified atom stereocenters. The second-order valence-electron chi connectivity index (χ2n) is 4.84. The van der Waals surface area contributed by atoms with Gasteiger partial charge in [0.05, 0.1) is 0 Å². The Labute approximate surface area is 74.7 Å². The number of carbonyl (C=O) groups is 1. The van der Waals surface area contributed by atoms with Crippen molar-refractivity contribution in [3.05, 3.63) is 0 Å². The van der Waals surface area contributed by atoms with E-state index in [1.807, 2.05) is 0 Å². The van der Waals surface area contributed by atoms with Crippen LogP contribution in [0.1, 0.15) is 40.5 Å². The minimum atomic E-state index is 0.185. The molecule has 0 aromatic rings. The first-order valence-corrected chi connectivity index (χ1v) is 4.68. The van der Waals surface area contributed by atoms with E-state index >= 15 is 0 Å². The fourth-order valence-electron chi connectivity index (χ4n) is 2.01. The Morgan fingerprint density at radius 3 is 2.25 bits per heavy atom. The highest BCUT2D eigenvalue weighted by atomic mass is 16.1. The van der Waals surface area contributed by atoms with Crippen molar-refractivity contribution in [1.82, 2.24) is 5.32 Å². The fraction of sp³-hybridized carbons (Fsp3) is 0.900. The Morgan fingerprint density at radius 2 is 2.08 bits per heavy atom. The summed E-state index contributed by atoms with van der Waals surface area (Å²) in [5, 5.41) is 2.93. The van der Waals surface area contributed by atoms with Crippen molar-refractivity contribution in [3.8, 4) is 0 Å². The quantitative estimate of drug-likeness (QED) is 0.638. The zero-order valence-corrected chi connectivity index (χ0v) is 8.53. The first-order valence-electron chi connectivity index (χ1n) is 4.68. The Bertz CT molecular complexity index is 193. The van der Waals surface area contributed by atoms with E-state index in [1.165, 1.54) is 0 Å². The van der Waals surface area contributed by atoms with Gasteiger partial charge in [-0.3, -0.25) is 4.79 Å². The summed E-state index contributed by atoms with van der Waals surface area (Å²) >= 11 is 0. The van der Waals surface area contributed by atoms with Crippen molar-refractivity contribution in [3.63, 3.8) is 0 Å². The highest BCUT2D eigenvalue weighted by Crippen LogP contribution is 2.46. The molecule has 1 aliphatic rings. The topological polar surface area (TPSA) is 29.1 Å². The molecule has 2 heteroatoms. The van der Waals surface area contributed by atoms with Gasteiger partial charge in [0, 0.05) is 18.4 Å². The molecule has 0 aliphatic carbocycles. The van der Waals surface area contributed by atoms with Gasteiger partial charge in [0.25, 0.3) is 0 Å². The Kier molecular flexibility index (Phi) is 2.19. The van der Waals surface area contributed by atoms with Gasteiger partial charge in [-0.15, -0.1) is 0 Å². The standard InChI is InChI=1S/C10H19NO/c1-5-10(9(2,3)4)6-8(12)11-7-10/h5-7H2,1-4H3,(H,11,12)/t10-/m1/s1. The molecule has 1 atom stereocenters. The summed E-state index contributed by atoms with van der Waals surface area (Å²) in [5.41, 5.74) is 0.408. The van der Waals surface area contributed by atoms with Gasteiger partial charge in [0.15, 0.2) is 0 Å². The molecule has 0 spiro atoms. The van der Waals surface area contributed by atoms with Crippen LogP contribution in [0, 0.1) is 10.8 Å². The van der Waals surface area contributed by atoms with E-state index < -0.39 is 0 Å². The number of amides is 1. The number of nitrogens with one attached hydrogen (secondary N) is 1. The number of hydrogen-bond donors (Lipinski definition) is 1. The summed E-state index contributed by atoms with van der Waals surface area (Å²) in [7, 11) is 0. The molecule has 0 saturated carbocycles. The van der Waals surface area contributed by atoms with Gasteiger partial charge in [-0.25, -0.2) is 0 Å². The van der Waals surface area contributed by atoms with E-state index in [1.54, 1.807) is 0 Å². The zero-order chi connectivity index (χ0) is 9.41. The van der Waals surface area contributed by atoms with Crippen LogP contribution in [0.2, 0.25) is 0 Å². The van der Waals surface area contributed by atoms with Crippen LogP contribution in [-0.2, 0) is 4.79 Å². The third kappa shape index (κ3) is 1.35. The third-order valence-electron chi connectivity index (χ3n) is 3.39. The smallest absolute Gasteiger partial charge is 0.220 e. The molecule has 1 fully saturated rings. The average molecular weight is 169 g/mol. The molecular formula is C10H19NO. The second kappa shape index (κ2) is 2.75. The van der Waals surface area contributed by atoms with E-state index in [0.717, 1.165) is 13.0 Å². The maximum Gasteiger partial charge on any atom is 0.220 e. The first kappa shape index (κ1) is 9.56. The van der Waals surface area contributed by atoms with Crippen LogP contribution in [0.4, 0.5) is 0 Å². The molecule has 1 heterocycles. The van der Waals surface area contributed by atoms with E-state index in [4.69, 9.17) is 0 Å². The van der Waals surface area contributed by atoms with Crippen LogP contribution < -0.4 is 5.32 Å². The Hall–Kier alpha value is -0.530. The predicted octanol–water partition coefficient (Wildman–Crippen LogP) is 1.95. The van der Waals surface area contributed by atoms with Crippen molar-refractivity contribution in [2.45, 2.75) is 40.5 Å². The van der Waals surface area contributed by atoms with Crippen LogP contribution in [0.25, 0.3) is 0 Å². The lowest BCUT2D eigenvalue weighted by molar-refractivity contribution is -0.120. The second-order valence-corrected chi connectivity index (χ2v) is 4.84. The summed E-state index contributed by atoms with van der Waals surface area (Å²) in [4.78, 5) is 11.2. The average Bonchev–Trinajstić information content (AvgIpc) is 2.31. The lowest BCUT2D eigenvalue weighted by atomic mass is 9.64. The largest absolute Gasteiger partial charge is 0.355 e. The van der Waals surface area contributed by atoms with Crippen molar-refractivity contribution in [2.24, 2.45) is 10.8 Å². The van der Waals surface area contributed by atoms with Gasteiger partial charge in [-0.2, -0.15) is 0 Å². The summed E-state index contributed by atoms with van der Waals surface area (Å²) in [6, 6.07) is 0. The normalized spacial score (nSPS) is 30.5. The summed E-state index contributed by atoms with van der Waals surface area (Å²) in [6.07, 6.45) is 1.78. The minimum Gasteiger partial charge on any atom is -0.355 e. The maximum atomic E-state index is 11.2. The molecule has 1 saturated heterocycles. The van der Waals surface area contributed by atoms with Crippen LogP contribution >= 0.6 is 0 Å². The van der Waals surface area contributed by atoms with E-state index in [-0.39, 0.29) is 16.7 Å². The molecule has 0 radical (unpaired) electrons. The Balaban J connectivity index is 2.85. The monoisotopic (exact) mass is 169 g/mol. The highest BCUT2D eigenvalue weighted by molar-refractivity contribution is 5.79. The molecule has 1 aliphatic heterocycles. The molecular weight excluding hydrogens is 150 g/mol. The van der Waals surface area contributed by atoms with Gasteiger partial charge in [-0.1, -0.05) is 27.7 Å². The maximum absolute atomic E-state index is 11.2. The van der Waals surface area contributed by atoms with Gasteiger partial charge in [-0.05, 0) is 11.8 Å². The molecule has 12 heavy (non-hydrogen) atoms. The predicted molar refractivity (Wildman–Crippen MR) is 49.8 cm³/mol. The van der Waals surface area contributed by atoms with E-state index in [0.29, 0.717) is 6.42 Å². The molecule has 1 rings (SSSR count). The number of carbonyl (C=O) groups excluding carboxylic acids is 1. The van der Waals surface area contributed by atoms with Gasteiger partial charge < -0.3 is 5.32 Å². The van der Waals surface area contributed by atoms with Crippen LogP contribution in [0.15, 0.2) is 0 Å². The van der Waals surface area contributed by atoms with Crippen molar-refractivity contribution in [1.29, 1.82) is 0 Å². The van der Waals surface area contributed by atoms with Gasteiger partial charge in [0.2, 0.25) is 5.91 Å². The van der Waals surface area contributed by atoms with Crippen LogP contribution in [-0.4, -0.2) is 12.5 Å². The summed E-state index contributed by atoms with van der Waals surface area (Å²) in [6.45, 7) is 9.68. The molecule has 0 aromatic heterocycles. The molecule has 0 bridgehead atoms. The van der Waals surface area contributed by atoms with E-state index in [9.17, 15) is 4.79 Å². The first-order chi connectivity index (χ1) is 5.41. The van der Waals surface area contributed by atoms with Crippen LogP contribution in [0.5, 0.6) is 0 Å². The molecule has 0 aromatic carbocycles. The highest BCUT2D eigenvalue weighted by Gasteiger charge is 2.45. The minimum absolute atomic E-state index is 0.185. The molecule has 1 amide bonds. The zero-order valence-electron chi connectivity index (χ0n) is 8.53. The fourth-order valence-corrected chi connectivity index (χ4v) is 2.01. The summed E-state index contributed by atoms with van der Waals surface area (Å²) in [5.74, 6) is 0.215. The van der Waals surface area contributed by atoms with Crippen molar-refractivity contribution >= 4 is 5.91 Å². The lowest BCUT2D eigenvalue weighted by Gasteiger charge is -2.39. The van der Waals surface area contributed by atoms with Gasteiger partial charge in [0.1, 0.15) is 0 Å². The summed E-state index contributed by atoms with van der Waals surface area (Å²) < 4.78 is 0. The third-order valence-corrected chi connectivity index (χ3v) is 3.39. The van der Waals surface area contributed by atoms with Crippen molar-refractivity contribution < 1.29 is 4.79 Å². The van der Waals surface area contributed by atoms with Crippen molar-refractivity contribution in [2.75, 3.05) is 6.54 Å². The molecule has 70 valence electrons. The molecule has 2 nitrogen and oxygen atoms in total. The van der Waals surface area contributed by atoms with Gasteiger partial charge >= 0.3 is 0 Å². The number of rotatable bonds is 1. The lowest BCUT2D eigenvalue weighted by Crippen LogP contribution is -2.37. The van der Waals surface area contributed by atoms with E-state index in [2.05, 4.69) is 33.0 Å².